The fourth-order valence-corrected chi connectivity index (χ4v) is 5.08. The molecule has 0 saturated carbocycles. The van der Waals surface area contributed by atoms with Gasteiger partial charge in [-0.2, -0.15) is 11.8 Å². The van der Waals surface area contributed by atoms with E-state index in [1.807, 2.05) is 23.5 Å². The molecular formula is C13H24N2OS2. The van der Waals surface area contributed by atoms with Crippen molar-refractivity contribution >= 4 is 29.4 Å². The first kappa shape index (κ1) is 14.5. The van der Waals surface area contributed by atoms with E-state index in [1.54, 1.807) is 0 Å². The van der Waals surface area contributed by atoms with Crippen LogP contribution in [-0.4, -0.2) is 58.5 Å². The number of thioether (sulfide) groups is 2. The predicted octanol–water partition coefficient (Wildman–Crippen LogP) is 1.82. The van der Waals surface area contributed by atoms with Gasteiger partial charge in [-0.15, -0.1) is 11.8 Å². The van der Waals surface area contributed by atoms with E-state index in [9.17, 15) is 4.79 Å². The minimum absolute atomic E-state index is 0.345. The third-order valence-corrected chi connectivity index (χ3v) is 6.08. The maximum absolute atomic E-state index is 12.2. The highest BCUT2D eigenvalue weighted by Gasteiger charge is 2.26. The molecule has 1 N–H and O–H groups in total. The van der Waals surface area contributed by atoms with Crippen LogP contribution < -0.4 is 5.32 Å². The first-order valence-electron chi connectivity index (χ1n) is 6.90. The van der Waals surface area contributed by atoms with Gasteiger partial charge in [-0.3, -0.25) is 4.79 Å². The summed E-state index contributed by atoms with van der Waals surface area (Å²) in [6.45, 7) is 8.53. The Morgan fingerprint density at radius 3 is 2.50 bits per heavy atom. The zero-order valence-electron chi connectivity index (χ0n) is 11.4. The van der Waals surface area contributed by atoms with Crippen LogP contribution >= 0.6 is 23.5 Å². The van der Waals surface area contributed by atoms with Crippen LogP contribution in [-0.2, 0) is 4.79 Å². The molecule has 0 aromatic heterocycles. The summed E-state index contributed by atoms with van der Waals surface area (Å²) in [6.07, 6.45) is 2.42. The molecule has 2 unspecified atom stereocenters. The van der Waals surface area contributed by atoms with Crippen LogP contribution in [0.2, 0.25) is 0 Å². The first-order chi connectivity index (χ1) is 8.65. The molecule has 0 spiro atoms. The second kappa shape index (κ2) is 7.06. The molecule has 2 heterocycles. The summed E-state index contributed by atoms with van der Waals surface area (Å²) >= 11 is 3.86. The van der Waals surface area contributed by atoms with Crippen molar-refractivity contribution in [2.75, 3.05) is 31.9 Å². The number of carbonyl (C=O) groups is 1. The topological polar surface area (TPSA) is 32.3 Å². The van der Waals surface area contributed by atoms with E-state index in [0.29, 0.717) is 27.4 Å². The molecule has 0 bridgehead atoms. The van der Waals surface area contributed by atoms with E-state index in [0.717, 1.165) is 26.2 Å². The monoisotopic (exact) mass is 288 g/mol. The van der Waals surface area contributed by atoms with Crippen molar-refractivity contribution in [1.29, 1.82) is 0 Å². The average Bonchev–Trinajstić information content (AvgIpc) is 2.36. The maximum Gasteiger partial charge on any atom is 0.232 e. The molecule has 2 aliphatic heterocycles. The first-order valence-corrected chi connectivity index (χ1v) is 8.90. The van der Waals surface area contributed by atoms with Crippen LogP contribution in [0.3, 0.4) is 0 Å². The van der Waals surface area contributed by atoms with Crippen molar-refractivity contribution in [3.05, 3.63) is 0 Å². The number of nitrogens with zero attached hydrogens (tertiary/aromatic N) is 1. The number of amides is 1. The van der Waals surface area contributed by atoms with Gasteiger partial charge >= 0.3 is 0 Å². The van der Waals surface area contributed by atoms with Crippen LogP contribution in [0, 0.1) is 0 Å². The number of piperidine rings is 1. The van der Waals surface area contributed by atoms with Crippen LogP contribution in [0.25, 0.3) is 0 Å². The smallest absolute Gasteiger partial charge is 0.232 e. The van der Waals surface area contributed by atoms with Gasteiger partial charge in [0.25, 0.3) is 0 Å². The summed E-state index contributed by atoms with van der Waals surface area (Å²) in [6, 6.07) is 0. The Balaban J connectivity index is 1.73. The van der Waals surface area contributed by atoms with Crippen molar-refractivity contribution in [3.63, 3.8) is 0 Å². The van der Waals surface area contributed by atoms with Gasteiger partial charge < -0.3 is 10.2 Å². The Morgan fingerprint density at radius 1 is 1.28 bits per heavy atom. The Hall–Kier alpha value is 0.130. The number of hydrogen-bond donors (Lipinski definition) is 1. The second-order valence-corrected chi connectivity index (χ2v) is 8.49. The molecule has 0 radical (unpaired) electrons. The van der Waals surface area contributed by atoms with E-state index in [4.69, 9.17) is 0 Å². The Morgan fingerprint density at radius 2 is 1.89 bits per heavy atom. The van der Waals surface area contributed by atoms with Crippen molar-refractivity contribution in [1.82, 2.24) is 10.2 Å². The highest BCUT2D eigenvalue weighted by Crippen LogP contribution is 2.26. The van der Waals surface area contributed by atoms with E-state index < -0.39 is 0 Å². The molecule has 2 rings (SSSR count). The Labute approximate surface area is 119 Å². The zero-order valence-corrected chi connectivity index (χ0v) is 13.0. The van der Waals surface area contributed by atoms with Gasteiger partial charge in [0.05, 0.1) is 5.75 Å². The van der Waals surface area contributed by atoms with Crippen molar-refractivity contribution < 1.29 is 4.79 Å². The van der Waals surface area contributed by atoms with Crippen LogP contribution in [0.5, 0.6) is 0 Å². The fourth-order valence-electron chi connectivity index (χ4n) is 2.62. The predicted molar refractivity (Wildman–Crippen MR) is 81.4 cm³/mol. The van der Waals surface area contributed by atoms with Gasteiger partial charge in [0, 0.05) is 28.8 Å². The molecule has 5 heteroatoms. The fraction of sp³-hybridized carbons (Fsp3) is 0.923. The SMILES string of the molecule is CC1CN(C(=O)CSC2CCNCC2)CC(C)S1. The molecule has 2 fully saturated rings. The summed E-state index contributed by atoms with van der Waals surface area (Å²) in [7, 11) is 0. The normalized spacial score (nSPS) is 30.4. The Bertz CT molecular complexity index is 272. The number of hydrogen-bond acceptors (Lipinski definition) is 4. The quantitative estimate of drug-likeness (QED) is 0.859. The van der Waals surface area contributed by atoms with Crippen molar-refractivity contribution in [3.8, 4) is 0 Å². The minimum atomic E-state index is 0.345. The van der Waals surface area contributed by atoms with Gasteiger partial charge in [0.15, 0.2) is 0 Å². The number of carbonyl (C=O) groups excluding carboxylic acids is 1. The maximum atomic E-state index is 12.2. The molecule has 3 nitrogen and oxygen atoms in total. The lowest BCUT2D eigenvalue weighted by Crippen LogP contribution is -2.45. The van der Waals surface area contributed by atoms with Gasteiger partial charge in [0.1, 0.15) is 0 Å². The van der Waals surface area contributed by atoms with Gasteiger partial charge in [-0.1, -0.05) is 13.8 Å². The molecule has 104 valence electrons. The number of rotatable bonds is 3. The Kier molecular flexibility index (Phi) is 5.70. The third-order valence-electron chi connectivity index (χ3n) is 3.50. The van der Waals surface area contributed by atoms with E-state index >= 15 is 0 Å². The van der Waals surface area contributed by atoms with Gasteiger partial charge in [0.2, 0.25) is 5.91 Å². The molecular weight excluding hydrogens is 264 g/mol. The molecule has 0 aliphatic carbocycles. The highest BCUT2D eigenvalue weighted by molar-refractivity contribution is 8.00. The second-order valence-electron chi connectivity index (χ2n) is 5.32. The third kappa shape index (κ3) is 4.35. The van der Waals surface area contributed by atoms with E-state index in [1.165, 1.54) is 12.8 Å². The summed E-state index contributed by atoms with van der Waals surface area (Å²) in [5.74, 6) is 1.02. The number of nitrogens with one attached hydrogen (secondary N) is 1. The van der Waals surface area contributed by atoms with E-state index in [2.05, 4.69) is 24.1 Å². The highest BCUT2D eigenvalue weighted by atomic mass is 32.2. The van der Waals surface area contributed by atoms with Crippen LogP contribution in [0.1, 0.15) is 26.7 Å². The summed E-state index contributed by atoms with van der Waals surface area (Å²) in [5, 5.41) is 5.22. The summed E-state index contributed by atoms with van der Waals surface area (Å²) in [5.41, 5.74) is 0. The van der Waals surface area contributed by atoms with Crippen molar-refractivity contribution in [2.24, 2.45) is 0 Å². The lowest BCUT2D eigenvalue weighted by Gasteiger charge is -2.35. The van der Waals surface area contributed by atoms with E-state index in [-0.39, 0.29) is 0 Å². The molecule has 0 aromatic rings. The van der Waals surface area contributed by atoms with Crippen LogP contribution in [0.4, 0.5) is 0 Å². The molecule has 1 amide bonds. The largest absolute Gasteiger partial charge is 0.340 e. The summed E-state index contributed by atoms with van der Waals surface area (Å²) in [4.78, 5) is 14.3. The standard InChI is InChI=1S/C13H24N2OS2/c1-10-7-15(8-11(2)18-10)13(16)9-17-12-3-5-14-6-4-12/h10-12,14H,3-9H2,1-2H3. The average molecular weight is 288 g/mol. The molecule has 2 saturated heterocycles. The minimum Gasteiger partial charge on any atom is -0.340 e. The van der Waals surface area contributed by atoms with Gasteiger partial charge in [-0.05, 0) is 25.9 Å². The van der Waals surface area contributed by atoms with Crippen LogP contribution in [0.15, 0.2) is 0 Å². The summed E-state index contributed by atoms with van der Waals surface area (Å²) < 4.78 is 0. The van der Waals surface area contributed by atoms with Gasteiger partial charge in [-0.25, -0.2) is 0 Å². The molecule has 2 aliphatic rings. The lowest BCUT2D eigenvalue weighted by atomic mass is 10.2. The molecule has 0 aromatic carbocycles. The lowest BCUT2D eigenvalue weighted by molar-refractivity contribution is -0.128. The zero-order chi connectivity index (χ0) is 13.0. The van der Waals surface area contributed by atoms with Crippen molar-refractivity contribution in [2.45, 2.75) is 42.4 Å². The molecule has 2 atom stereocenters. The molecule has 18 heavy (non-hydrogen) atoms.